The normalized spacial score (nSPS) is 15.6. The molecule has 0 radical (unpaired) electrons. The highest BCUT2D eigenvalue weighted by Gasteiger charge is 2.23. The van der Waals surface area contributed by atoms with Crippen molar-refractivity contribution in [2.24, 2.45) is 4.99 Å². The zero-order valence-corrected chi connectivity index (χ0v) is 13.7. The molecule has 0 bridgehead atoms. The van der Waals surface area contributed by atoms with E-state index in [0.29, 0.717) is 11.7 Å². The number of hydrogen-bond acceptors (Lipinski definition) is 5. The summed E-state index contributed by atoms with van der Waals surface area (Å²) in [5.41, 5.74) is 5.07. The second-order valence-electron chi connectivity index (χ2n) is 5.39. The molecular weight excluding hydrogens is 320 g/mol. The number of guanidine groups is 1. The minimum atomic E-state index is -0.197. The zero-order valence-electron chi connectivity index (χ0n) is 12.9. The van der Waals surface area contributed by atoms with Crippen molar-refractivity contribution in [3.05, 3.63) is 65.3 Å². The Morgan fingerprint density at radius 2 is 2.00 bits per heavy atom. The van der Waals surface area contributed by atoms with Crippen LogP contribution in [0, 0.1) is 0 Å². The molecule has 24 heavy (non-hydrogen) atoms. The second-order valence-corrected chi connectivity index (χ2v) is 6.28. The van der Waals surface area contributed by atoms with Crippen molar-refractivity contribution in [3.8, 4) is 0 Å². The van der Waals surface area contributed by atoms with E-state index >= 15 is 0 Å². The maximum absolute atomic E-state index is 12.2. The fourth-order valence-corrected chi connectivity index (χ4v) is 3.23. The number of nitrogens with zero attached hydrogens (tertiary/aromatic N) is 3. The van der Waals surface area contributed by atoms with Crippen LogP contribution in [0.1, 0.15) is 5.56 Å². The number of fused-ring (bicyclic) bond motifs is 1. The Bertz CT molecular complexity index is 975. The highest BCUT2D eigenvalue weighted by Crippen LogP contribution is 2.22. The van der Waals surface area contributed by atoms with E-state index in [9.17, 15) is 4.79 Å². The highest BCUT2D eigenvalue weighted by molar-refractivity contribution is 7.16. The predicted molar refractivity (Wildman–Crippen MR) is 98.0 cm³/mol. The van der Waals surface area contributed by atoms with Crippen LogP contribution in [0.4, 0.5) is 5.69 Å². The summed E-state index contributed by atoms with van der Waals surface area (Å²) in [7, 11) is 1.88. The molecule has 0 aliphatic carbocycles. The lowest BCUT2D eigenvalue weighted by Gasteiger charge is -2.17. The number of aromatic nitrogens is 1. The fraction of sp³-hybridized carbons (Fsp3) is 0.0556. The van der Waals surface area contributed by atoms with Gasteiger partial charge in [0.2, 0.25) is 5.96 Å². The molecular formula is C18H14N4OS. The largest absolute Gasteiger partial charge is 0.315 e. The number of aliphatic imine (C=N–C) groups is 1. The Labute approximate surface area is 143 Å². The molecule has 1 amide bonds. The van der Waals surface area contributed by atoms with E-state index < -0.39 is 0 Å². The Balaban J connectivity index is 1.65. The lowest BCUT2D eigenvalue weighted by atomic mass is 10.2. The van der Waals surface area contributed by atoms with E-state index in [-0.39, 0.29) is 5.91 Å². The van der Waals surface area contributed by atoms with Crippen molar-refractivity contribution in [1.82, 2.24) is 10.3 Å². The van der Waals surface area contributed by atoms with Gasteiger partial charge in [-0.2, -0.15) is 0 Å². The predicted octanol–water partition coefficient (Wildman–Crippen LogP) is 3.26. The number of carbonyl (C=O) groups excluding carboxylic acids is 1. The van der Waals surface area contributed by atoms with Gasteiger partial charge in [-0.05, 0) is 35.9 Å². The Morgan fingerprint density at radius 3 is 2.83 bits per heavy atom. The third-order valence-corrected chi connectivity index (χ3v) is 4.60. The monoisotopic (exact) mass is 334 g/mol. The van der Waals surface area contributed by atoms with Gasteiger partial charge in [0.25, 0.3) is 5.91 Å². The van der Waals surface area contributed by atoms with Crippen LogP contribution in [-0.4, -0.2) is 23.9 Å². The molecule has 1 aliphatic rings. The number of nitrogens with one attached hydrogen (secondary N) is 1. The van der Waals surface area contributed by atoms with Crippen molar-refractivity contribution >= 4 is 45.2 Å². The van der Waals surface area contributed by atoms with Crippen LogP contribution in [0.5, 0.6) is 0 Å². The number of carbonyl (C=O) groups is 1. The number of para-hydroxylation sites is 1. The molecule has 0 saturated carbocycles. The minimum absolute atomic E-state index is 0.197. The molecule has 1 N–H and O–H groups in total. The van der Waals surface area contributed by atoms with E-state index in [2.05, 4.69) is 15.3 Å². The molecule has 3 aromatic rings. The van der Waals surface area contributed by atoms with Gasteiger partial charge < -0.3 is 4.90 Å². The van der Waals surface area contributed by atoms with Gasteiger partial charge in [-0.3, -0.25) is 10.1 Å². The van der Waals surface area contributed by atoms with Gasteiger partial charge in [-0.25, -0.2) is 9.98 Å². The van der Waals surface area contributed by atoms with Gasteiger partial charge in [-0.15, -0.1) is 11.3 Å². The van der Waals surface area contributed by atoms with Gasteiger partial charge in [0.15, 0.2) is 0 Å². The summed E-state index contributed by atoms with van der Waals surface area (Å²) in [6, 6.07) is 15.7. The van der Waals surface area contributed by atoms with Gasteiger partial charge in [0, 0.05) is 12.7 Å². The van der Waals surface area contributed by atoms with Crippen LogP contribution in [0.2, 0.25) is 0 Å². The Kier molecular flexibility index (Phi) is 3.59. The SMILES string of the molecule is CN(C1=N/C(=C\c2ccc3ncsc3c2)C(=O)N1)c1ccccc1. The number of anilines is 1. The van der Waals surface area contributed by atoms with Crippen LogP contribution in [-0.2, 0) is 4.79 Å². The first-order chi connectivity index (χ1) is 11.7. The van der Waals surface area contributed by atoms with E-state index in [1.165, 1.54) is 0 Å². The maximum Gasteiger partial charge on any atom is 0.276 e. The molecule has 5 nitrogen and oxygen atoms in total. The van der Waals surface area contributed by atoms with Crippen molar-refractivity contribution in [1.29, 1.82) is 0 Å². The molecule has 0 spiro atoms. The molecule has 0 unspecified atom stereocenters. The van der Waals surface area contributed by atoms with Crippen LogP contribution in [0.25, 0.3) is 16.3 Å². The quantitative estimate of drug-likeness (QED) is 0.732. The first-order valence-corrected chi connectivity index (χ1v) is 8.32. The van der Waals surface area contributed by atoms with Gasteiger partial charge in [0.05, 0.1) is 15.7 Å². The minimum Gasteiger partial charge on any atom is -0.315 e. The number of amides is 1. The topological polar surface area (TPSA) is 57.6 Å². The van der Waals surface area contributed by atoms with Crippen LogP contribution in [0.15, 0.2) is 64.7 Å². The van der Waals surface area contributed by atoms with E-state index in [1.54, 1.807) is 17.4 Å². The average Bonchev–Trinajstić information content (AvgIpc) is 3.21. The molecule has 2 heterocycles. The summed E-state index contributed by atoms with van der Waals surface area (Å²) < 4.78 is 1.09. The van der Waals surface area contributed by atoms with Crippen LogP contribution >= 0.6 is 11.3 Å². The summed E-state index contributed by atoms with van der Waals surface area (Å²) in [4.78, 5) is 22.8. The smallest absolute Gasteiger partial charge is 0.276 e. The summed E-state index contributed by atoms with van der Waals surface area (Å²) >= 11 is 1.58. The van der Waals surface area contributed by atoms with Crippen molar-refractivity contribution in [2.75, 3.05) is 11.9 Å². The summed E-state index contributed by atoms with van der Waals surface area (Å²) in [5.74, 6) is 0.327. The molecule has 4 rings (SSSR count). The summed E-state index contributed by atoms with van der Waals surface area (Å²) in [5, 5.41) is 2.81. The Morgan fingerprint density at radius 1 is 1.17 bits per heavy atom. The summed E-state index contributed by atoms with van der Waals surface area (Å²) in [6.45, 7) is 0. The van der Waals surface area contributed by atoms with Gasteiger partial charge >= 0.3 is 0 Å². The summed E-state index contributed by atoms with van der Waals surface area (Å²) in [6.07, 6.45) is 1.79. The zero-order chi connectivity index (χ0) is 16.5. The van der Waals surface area contributed by atoms with E-state index in [1.807, 2.05) is 66.0 Å². The maximum atomic E-state index is 12.2. The van der Waals surface area contributed by atoms with Gasteiger partial charge in [-0.1, -0.05) is 24.3 Å². The molecule has 0 atom stereocenters. The van der Waals surface area contributed by atoms with E-state index in [4.69, 9.17) is 0 Å². The molecule has 118 valence electrons. The molecule has 1 aromatic heterocycles. The highest BCUT2D eigenvalue weighted by atomic mass is 32.1. The molecule has 6 heteroatoms. The molecule has 0 saturated heterocycles. The van der Waals surface area contributed by atoms with Gasteiger partial charge in [0.1, 0.15) is 5.70 Å². The number of thiazole rings is 1. The standard InChI is InChI=1S/C18H14N4OS/c1-22(13-5-3-2-4-6-13)18-20-15(17(23)21-18)9-12-7-8-14-16(10-12)24-11-19-14/h2-11H,1H3,(H,20,21,23)/b15-9-. The van der Waals surface area contributed by atoms with Crippen molar-refractivity contribution < 1.29 is 4.79 Å². The Hall–Kier alpha value is -2.99. The first kappa shape index (κ1) is 14.6. The number of rotatable bonds is 2. The lowest BCUT2D eigenvalue weighted by Crippen LogP contribution is -2.37. The molecule has 0 fully saturated rings. The average molecular weight is 334 g/mol. The molecule has 1 aliphatic heterocycles. The number of benzene rings is 2. The first-order valence-electron chi connectivity index (χ1n) is 7.44. The van der Waals surface area contributed by atoms with Crippen LogP contribution < -0.4 is 10.2 Å². The molecule has 2 aromatic carbocycles. The lowest BCUT2D eigenvalue weighted by molar-refractivity contribution is -0.115. The second kappa shape index (κ2) is 5.90. The van der Waals surface area contributed by atoms with Crippen molar-refractivity contribution in [2.45, 2.75) is 0 Å². The number of hydrogen-bond donors (Lipinski definition) is 1. The van der Waals surface area contributed by atoms with Crippen molar-refractivity contribution in [3.63, 3.8) is 0 Å². The fourth-order valence-electron chi connectivity index (χ4n) is 2.51. The third kappa shape index (κ3) is 2.68. The third-order valence-electron chi connectivity index (χ3n) is 3.80. The van der Waals surface area contributed by atoms with E-state index in [0.717, 1.165) is 21.5 Å². The van der Waals surface area contributed by atoms with Crippen LogP contribution in [0.3, 0.4) is 0 Å².